The van der Waals surface area contributed by atoms with Crippen LogP contribution in [0.5, 0.6) is 0 Å². The molecule has 1 aliphatic rings. The predicted octanol–water partition coefficient (Wildman–Crippen LogP) is 4.63. The second-order valence-corrected chi connectivity index (χ2v) is 9.65. The molecule has 5 nitrogen and oxygen atoms in total. The largest absolute Gasteiger partial charge is 0.383 e. The van der Waals surface area contributed by atoms with Gasteiger partial charge >= 0.3 is 0 Å². The van der Waals surface area contributed by atoms with Gasteiger partial charge in [0.25, 0.3) is 5.91 Å². The number of hydrogen-bond acceptors (Lipinski definition) is 5. The first-order chi connectivity index (χ1) is 14.5. The third-order valence-electron chi connectivity index (χ3n) is 4.99. The summed E-state index contributed by atoms with van der Waals surface area (Å²) in [5.41, 5.74) is 2.38. The van der Waals surface area contributed by atoms with E-state index in [1.54, 1.807) is 30.2 Å². The minimum atomic E-state index is -0.367. The lowest BCUT2D eigenvalue weighted by molar-refractivity contribution is 0.0934. The number of hydrogen-bond donors (Lipinski definition) is 1. The van der Waals surface area contributed by atoms with E-state index in [9.17, 15) is 9.59 Å². The van der Waals surface area contributed by atoms with E-state index in [2.05, 4.69) is 11.4 Å². The summed E-state index contributed by atoms with van der Waals surface area (Å²) < 4.78 is 7.05. The van der Waals surface area contributed by atoms with Crippen LogP contribution in [0.1, 0.15) is 31.9 Å². The number of rotatable bonds is 5. The number of halogens is 1. The number of methoxy groups -OCH3 is 1. The molecule has 156 valence electrons. The fourth-order valence-corrected chi connectivity index (χ4v) is 6.16. The zero-order chi connectivity index (χ0) is 21.3. The molecule has 1 amide bonds. The molecule has 1 atom stereocenters. The Kier molecular flexibility index (Phi) is 6.34. The molecule has 1 unspecified atom stereocenters. The van der Waals surface area contributed by atoms with E-state index in [4.69, 9.17) is 16.3 Å². The number of nitrogens with zero attached hydrogens (tertiary/aromatic N) is 1. The molecular weight excluding hydrogens is 440 g/mol. The van der Waals surface area contributed by atoms with Crippen molar-refractivity contribution in [2.45, 2.75) is 23.5 Å². The van der Waals surface area contributed by atoms with Gasteiger partial charge in [0.15, 0.2) is 5.43 Å². The molecule has 2 aromatic heterocycles. The number of carbonyl (C=O) groups excluding carboxylic acids is 1. The van der Waals surface area contributed by atoms with Gasteiger partial charge < -0.3 is 14.6 Å². The highest BCUT2D eigenvalue weighted by Gasteiger charge is 2.29. The van der Waals surface area contributed by atoms with Crippen molar-refractivity contribution in [2.75, 3.05) is 20.3 Å². The quantitative estimate of drug-likeness (QED) is 0.564. The molecule has 0 aliphatic carbocycles. The van der Waals surface area contributed by atoms with Crippen LogP contribution in [0.15, 0.2) is 51.5 Å². The molecule has 0 saturated carbocycles. The van der Waals surface area contributed by atoms with Crippen molar-refractivity contribution in [3.63, 3.8) is 0 Å². The monoisotopic (exact) mass is 460 g/mol. The van der Waals surface area contributed by atoms with Gasteiger partial charge in [-0.3, -0.25) is 9.59 Å². The van der Waals surface area contributed by atoms with Gasteiger partial charge in [0.1, 0.15) is 5.56 Å². The minimum Gasteiger partial charge on any atom is -0.383 e. The number of benzene rings is 1. The fourth-order valence-electron chi connectivity index (χ4n) is 3.69. The average Bonchev–Trinajstić information content (AvgIpc) is 3.18. The van der Waals surface area contributed by atoms with Crippen molar-refractivity contribution in [2.24, 2.45) is 0 Å². The molecule has 3 aromatic rings. The number of nitrogens with one attached hydrogen (secondary N) is 1. The Bertz CT molecular complexity index is 1140. The molecule has 30 heavy (non-hydrogen) atoms. The van der Waals surface area contributed by atoms with Crippen molar-refractivity contribution >= 4 is 40.6 Å². The zero-order valence-electron chi connectivity index (χ0n) is 16.6. The topological polar surface area (TPSA) is 60.3 Å². The van der Waals surface area contributed by atoms with Crippen LogP contribution in [0.2, 0.25) is 5.02 Å². The van der Waals surface area contributed by atoms with Crippen molar-refractivity contribution in [1.29, 1.82) is 0 Å². The number of thioether (sulfide) groups is 1. The summed E-state index contributed by atoms with van der Waals surface area (Å²) in [6.07, 6.45) is 0.557. The number of thiophene rings is 1. The zero-order valence-corrected chi connectivity index (χ0v) is 19.0. The normalized spacial score (nSPS) is 15.2. The van der Waals surface area contributed by atoms with Gasteiger partial charge in [0.05, 0.1) is 12.3 Å². The van der Waals surface area contributed by atoms with Crippen LogP contribution in [0.3, 0.4) is 0 Å². The van der Waals surface area contributed by atoms with Crippen molar-refractivity contribution in [3.05, 3.63) is 78.9 Å². The van der Waals surface area contributed by atoms with E-state index < -0.39 is 0 Å². The van der Waals surface area contributed by atoms with Gasteiger partial charge in [0.2, 0.25) is 0 Å². The number of ether oxygens (including phenoxy) is 1. The number of carbonyl (C=O) groups is 1. The average molecular weight is 461 g/mol. The number of pyridine rings is 1. The van der Waals surface area contributed by atoms with Crippen LogP contribution in [-0.4, -0.2) is 30.7 Å². The Morgan fingerprint density at radius 2 is 2.17 bits per heavy atom. The van der Waals surface area contributed by atoms with Crippen molar-refractivity contribution < 1.29 is 9.53 Å². The van der Waals surface area contributed by atoms with E-state index in [1.165, 1.54) is 10.9 Å². The SMILES string of the molecule is COCCNC(=O)c1c2n(c(C)cc1=O)-c1ccc(Cl)cc1SC(c1cccs1)C2. The van der Waals surface area contributed by atoms with Gasteiger partial charge in [0, 0.05) is 57.6 Å². The third-order valence-corrected chi connectivity index (χ3v) is 7.64. The summed E-state index contributed by atoms with van der Waals surface area (Å²) in [7, 11) is 1.57. The number of aromatic nitrogens is 1. The molecule has 8 heteroatoms. The van der Waals surface area contributed by atoms with E-state index >= 15 is 0 Å². The fraction of sp³-hybridized carbons (Fsp3) is 0.273. The molecular formula is C22H21ClN2O3S2. The predicted molar refractivity (Wildman–Crippen MR) is 123 cm³/mol. The lowest BCUT2D eigenvalue weighted by Gasteiger charge is -2.20. The highest BCUT2D eigenvalue weighted by molar-refractivity contribution is 7.99. The molecule has 4 rings (SSSR count). The van der Waals surface area contributed by atoms with Gasteiger partial charge in [-0.05, 0) is 36.6 Å². The molecule has 0 bridgehead atoms. The summed E-state index contributed by atoms with van der Waals surface area (Å²) in [5, 5.41) is 5.58. The highest BCUT2D eigenvalue weighted by Crippen LogP contribution is 2.46. The smallest absolute Gasteiger partial charge is 0.257 e. The standard InChI is InChI=1S/C22H21ClN2O3S2/c1-13-10-17(26)21(22(27)24-7-8-28-2)16-12-20(18-4-3-9-29-18)30-19-11-14(23)5-6-15(19)25(13)16/h3-6,9-11,20H,7-8,12H2,1-2H3,(H,24,27). The van der Waals surface area contributed by atoms with Crippen molar-refractivity contribution in [1.82, 2.24) is 9.88 Å². The Labute approximate surface area is 188 Å². The first-order valence-corrected chi connectivity index (χ1v) is 11.7. The molecule has 1 aromatic carbocycles. The van der Waals surface area contributed by atoms with Crippen molar-refractivity contribution in [3.8, 4) is 5.69 Å². The second kappa shape index (κ2) is 8.98. The van der Waals surface area contributed by atoms with Crippen LogP contribution < -0.4 is 10.7 Å². The van der Waals surface area contributed by atoms with Gasteiger partial charge in [-0.2, -0.15) is 0 Å². The van der Waals surface area contributed by atoms with Crippen LogP contribution in [0.4, 0.5) is 0 Å². The summed E-state index contributed by atoms with van der Waals surface area (Å²) in [6.45, 7) is 2.62. The summed E-state index contributed by atoms with van der Waals surface area (Å²) >= 11 is 9.69. The first kappa shape index (κ1) is 21.2. The Hall–Kier alpha value is -2.06. The molecule has 3 heterocycles. The lowest BCUT2D eigenvalue weighted by atomic mass is 10.0. The number of amides is 1. The number of aryl methyl sites for hydroxylation is 1. The van der Waals surface area contributed by atoms with E-state index in [-0.39, 0.29) is 22.1 Å². The number of fused-ring (bicyclic) bond motifs is 3. The molecule has 0 saturated heterocycles. The maximum atomic E-state index is 13.0. The second-order valence-electron chi connectivity index (χ2n) is 6.99. The van der Waals surface area contributed by atoms with Gasteiger partial charge in [-0.15, -0.1) is 23.1 Å². The molecule has 0 radical (unpaired) electrons. The van der Waals surface area contributed by atoms with Crippen LogP contribution in [0.25, 0.3) is 5.69 Å². The Balaban J connectivity index is 1.92. The lowest BCUT2D eigenvalue weighted by Crippen LogP contribution is -2.34. The summed E-state index contributed by atoms with van der Waals surface area (Å²) in [5.74, 6) is -0.367. The van der Waals surface area contributed by atoms with E-state index in [0.29, 0.717) is 24.6 Å². The molecule has 1 N–H and O–H groups in total. The van der Waals surface area contributed by atoms with Gasteiger partial charge in [-0.25, -0.2) is 0 Å². The highest BCUT2D eigenvalue weighted by atomic mass is 35.5. The Morgan fingerprint density at radius 3 is 2.90 bits per heavy atom. The summed E-state index contributed by atoms with van der Waals surface area (Å²) in [4.78, 5) is 28.1. The summed E-state index contributed by atoms with van der Waals surface area (Å²) in [6, 6.07) is 11.4. The van der Waals surface area contributed by atoms with Crippen LogP contribution in [0, 0.1) is 6.92 Å². The van der Waals surface area contributed by atoms with E-state index in [1.807, 2.05) is 41.1 Å². The maximum Gasteiger partial charge on any atom is 0.257 e. The maximum absolute atomic E-state index is 13.0. The van der Waals surface area contributed by atoms with E-state index in [0.717, 1.165) is 22.0 Å². The Morgan fingerprint density at radius 1 is 1.33 bits per heavy atom. The minimum absolute atomic E-state index is 0.0719. The van der Waals surface area contributed by atoms with Crippen LogP contribution >= 0.6 is 34.7 Å². The molecule has 1 aliphatic heterocycles. The van der Waals surface area contributed by atoms with Gasteiger partial charge in [-0.1, -0.05) is 17.7 Å². The molecule has 0 spiro atoms. The van der Waals surface area contributed by atoms with Crippen LogP contribution in [-0.2, 0) is 11.2 Å². The first-order valence-electron chi connectivity index (χ1n) is 9.52. The molecule has 0 fully saturated rings. The third kappa shape index (κ3) is 4.07.